The van der Waals surface area contributed by atoms with Crippen LogP contribution in [0.25, 0.3) is 0 Å². The van der Waals surface area contributed by atoms with E-state index >= 15 is 0 Å². The molecular formula is C15H19NS. The predicted molar refractivity (Wildman–Crippen MR) is 75.6 cm³/mol. The lowest BCUT2D eigenvalue weighted by Gasteiger charge is -2.23. The molecule has 1 nitrogen and oxygen atoms in total. The molecule has 0 radical (unpaired) electrons. The third kappa shape index (κ3) is 2.96. The van der Waals surface area contributed by atoms with Crippen LogP contribution in [0.5, 0.6) is 0 Å². The van der Waals surface area contributed by atoms with Gasteiger partial charge in [-0.2, -0.15) is 0 Å². The molecule has 2 heteroatoms. The number of hydrogen-bond acceptors (Lipinski definition) is 2. The summed E-state index contributed by atoms with van der Waals surface area (Å²) < 4.78 is 0. The third-order valence-electron chi connectivity index (χ3n) is 3.18. The molecule has 0 aliphatic heterocycles. The number of thiophene rings is 1. The lowest BCUT2D eigenvalue weighted by molar-refractivity contribution is 0.538. The highest BCUT2D eigenvalue weighted by molar-refractivity contribution is 7.09. The Morgan fingerprint density at radius 2 is 2.00 bits per heavy atom. The van der Waals surface area contributed by atoms with E-state index in [1.165, 1.54) is 16.0 Å². The fourth-order valence-electron chi connectivity index (χ4n) is 1.83. The Kier molecular flexibility index (Phi) is 3.65. The SMILES string of the molecule is CC(C)(CN)c1cccc(Cc2cccs2)c1. The molecule has 1 aromatic carbocycles. The molecule has 0 fully saturated rings. The molecule has 2 N–H and O–H groups in total. The third-order valence-corrected chi connectivity index (χ3v) is 4.05. The van der Waals surface area contributed by atoms with Gasteiger partial charge in [-0.1, -0.05) is 44.2 Å². The van der Waals surface area contributed by atoms with Crippen LogP contribution in [0.1, 0.15) is 29.9 Å². The standard InChI is InChI=1S/C15H19NS/c1-15(2,11-16)13-6-3-5-12(9-13)10-14-7-4-8-17-14/h3-9H,10-11,16H2,1-2H3. The van der Waals surface area contributed by atoms with Crippen molar-refractivity contribution in [1.82, 2.24) is 0 Å². The molecule has 90 valence electrons. The van der Waals surface area contributed by atoms with Crippen LogP contribution in [0, 0.1) is 0 Å². The summed E-state index contributed by atoms with van der Waals surface area (Å²) in [7, 11) is 0. The first-order chi connectivity index (χ1) is 8.12. The lowest BCUT2D eigenvalue weighted by Crippen LogP contribution is -2.28. The van der Waals surface area contributed by atoms with E-state index in [2.05, 4.69) is 55.6 Å². The molecule has 0 bridgehead atoms. The summed E-state index contributed by atoms with van der Waals surface area (Å²) in [5.41, 5.74) is 8.58. The zero-order valence-corrected chi connectivity index (χ0v) is 11.3. The van der Waals surface area contributed by atoms with Gasteiger partial charge in [0.05, 0.1) is 0 Å². The Morgan fingerprint density at radius 1 is 1.18 bits per heavy atom. The first-order valence-corrected chi connectivity index (χ1v) is 6.82. The van der Waals surface area contributed by atoms with Crippen LogP contribution >= 0.6 is 11.3 Å². The van der Waals surface area contributed by atoms with Crippen LogP contribution in [0.2, 0.25) is 0 Å². The first-order valence-electron chi connectivity index (χ1n) is 5.94. The predicted octanol–water partition coefficient (Wildman–Crippen LogP) is 3.58. The lowest BCUT2D eigenvalue weighted by atomic mass is 9.84. The van der Waals surface area contributed by atoms with Crippen molar-refractivity contribution in [2.75, 3.05) is 6.54 Å². The van der Waals surface area contributed by atoms with E-state index in [-0.39, 0.29) is 5.41 Å². The zero-order chi connectivity index (χ0) is 12.3. The van der Waals surface area contributed by atoms with Crippen molar-refractivity contribution in [3.8, 4) is 0 Å². The van der Waals surface area contributed by atoms with Gasteiger partial charge in [-0.3, -0.25) is 0 Å². The average molecular weight is 245 g/mol. The summed E-state index contributed by atoms with van der Waals surface area (Å²) in [5.74, 6) is 0. The zero-order valence-electron chi connectivity index (χ0n) is 10.4. The highest BCUT2D eigenvalue weighted by atomic mass is 32.1. The fourth-order valence-corrected chi connectivity index (χ4v) is 2.57. The fraction of sp³-hybridized carbons (Fsp3) is 0.333. The highest BCUT2D eigenvalue weighted by Gasteiger charge is 2.18. The molecule has 0 atom stereocenters. The van der Waals surface area contributed by atoms with E-state index in [4.69, 9.17) is 5.73 Å². The second-order valence-electron chi connectivity index (χ2n) is 5.04. The van der Waals surface area contributed by atoms with Gasteiger partial charge in [0.25, 0.3) is 0 Å². The quantitative estimate of drug-likeness (QED) is 0.875. The summed E-state index contributed by atoms with van der Waals surface area (Å²) in [4.78, 5) is 1.41. The van der Waals surface area contributed by atoms with Crippen molar-refractivity contribution in [2.45, 2.75) is 25.7 Å². The minimum absolute atomic E-state index is 0.0610. The minimum atomic E-state index is 0.0610. The van der Waals surface area contributed by atoms with E-state index in [0.717, 1.165) is 6.42 Å². The Morgan fingerprint density at radius 3 is 2.65 bits per heavy atom. The van der Waals surface area contributed by atoms with E-state index in [0.29, 0.717) is 6.54 Å². The number of benzene rings is 1. The van der Waals surface area contributed by atoms with Crippen molar-refractivity contribution in [2.24, 2.45) is 5.73 Å². The molecule has 1 aromatic heterocycles. The maximum Gasteiger partial charge on any atom is 0.00890 e. The van der Waals surface area contributed by atoms with Crippen molar-refractivity contribution in [1.29, 1.82) is 0 Å². The second-order valence-corrected chi connectivity index (χ2v) is 6.08. The highest BCUT2D eigenvalue weighted by Crippen LogP contribution is 2.24. The Labute approximate surface area is 107 Å². The van der Waals surface area contributed by atoms with Crippen LogP contribution in [-0.4, -0.2) is 6.54 Å². The maximum absolute atomic E-state index is 5.83. The molecule has 17 heavy (non-hydrogen) atoms. The molecule has 1 heterocycles. The van der Waals surface area contributed by atoms with Crippen LogP contribution in [-0.2, 0) is 11.8 Å². The van der Waals surface area contributed by atoms with Gasteiger partial charge in [-0.15, -0.1) is 11.3 Å². The summed E-state index contributed by atoms with van der Waals surface area (Å²) in [6.45, 7) is 5.06. The smallest absolute Gasteiger partial charge is 0.00890 e. The van der Waals surface area contributed by atoms with Crippen molar-refractivity contribution in [3.63, 3.8) is 0 Å². The van der Waals surface area contributed by atoms with Gasteiger partial charge in [0.15, 0.2) is 0 Å². The molecule has 0 spiro atoms. The van der Waals surface area contributed by atoms with Crippen molar-refractivity contribution >= 4 is 11.3 Å². The normalized spacial score (nSPS) is 11.7. The van der Waals surface area contributed by atoms with Crippen molar-refractivity contribution in [3.05, 3.63) is 57.8 Å². The van der Waals surface area contributed by atoms with Crippen LogP contribution in [0.15, 0.2) is 41.8 Å². The monoisotopic (exact) mass is 245 g/mol. The first kappa shape index (κ1) is 12.3. The second kappa shape index (κ2) is 5.03. The van der Waals surface area contributed by atoms with E-state index in [1.807, 2.05) is 11.3 Å². The molecule has 0 saturated carbocycles. The molecule has 0 aliphatic rings. The van der Waals surface area contributed by atoms with Gasteiger partial charge in [0.2, 0.25) is 0 Å². The van der Waals surface area contributed by atoms with Crippen LogP contribution in [0.4, 0.5) is 0 Å². The summed E-state index contributed by atoms with van der Waals surface area (Å²) in [6.07, 6.45) is 1.02. The topological polar surface area (TPSA) is 26.0 Å². The van der Waals surface area contributed by atoms with Gasteiger partial charge >= 0.3 is 0 Å². The number of hydrogen-bond donors (Lipinski definition) is 1. The van der Waals surface area contributed by atoms with E-state index < -0.39 is 0 Å². The molecule has 0 aliphatic carbocycles. The molecule has 2 aromatic rings. The minimum Gasteiger partial charge on any atom is -0.330 e. The summed E-state index contributed by atoms with van der Waals surface area (Å²) >= 11 is 1.81. The van der Waals surface area contributed by atoms with Crippen LogP contribution in [0.3, 0.4) is 0 Å². The molecule has 0 unspecified atom stereocenters. The van der Waals surface area contributed by atoms with Gasteiger partial charge in [0.1, 0.15) is 0 Å². The molecule has 0 amide bonds. The van der Waals surface area contributed by atoms with Gasteiger partial charge in [-0.05, 0) is 22.6 Å². The number of rotatable bonds is 4. The van der Waals surface area contributed by atoms with Crippen molar-refractivity contribution < 1.29 is 0 Å². The van der Waals surface area contributed by atoms with Crippen LogP contribution < -0.4 is 5.73 Å². The average Bonchev–Trinajstić information content (AvgIpc) is 2.82. The Hall–Kier alpha value is -1.12. The maximum atomic E-state index is 5.83. The Balaban J connectivity index is 2.23. The largest absolute Gasteiger partial charge is 0.330 e. The Bertz CT molecular complexity index is 471. The summed E-state index contributed by atoms with van der Waals surface area (Å²) in [6, 6.07) is 13.1. The van der Waals surface area contributed by atoms with Gasteiger partial charge in [-0.25, -0.2) is 0 Å². The molecule has 2 rings (SSSR count). The number of nitrogens with two attached hydrogens (primary N) is 1. The van der Waals surface area contributed by atoms with Gasteiger partial charge in [0, 0.05) is 23.3 Å². The summed E-state index contributed by atoms with van der Waals surface area (Å²) in [5, 5.41) is 2.13. The van der Waals surface area contributed by atoms with Gasteiger partial charge < -0.3 is 5.73 Å². The van der Waals surface area contributed by atoms with E-state index in [1.54, 1.807) is 0 Å². The molecular weight excluding hydrogens is 226 g/mol. The van der Waals surface area contributed by atoms with E-state index in [9.17, 15) is 0 Å². The molecule has 0 saturated heterocycles.